The van der Waals surface area contributed by atoms with E-state index in [4.69, 9.17) is 23.2 Å². The van der Waals surface area contributed by atoms with E-state index in [-0.39, 0.29) is 27.1 Å². The number of carbonyl (C=O) groups excluding carboxylic acids is 1. The molecule has 0 atom stereocenters. The topological polar surface area (TPSA) is 76.1 Å². The molecule has 2 aromatic rings. The molecule has 2 rings (SSSR count). The maximum atomic E-state index is 12.2. The van der Waals surface area contributed by atoms with Crippen LogP contribution in [0.15, 0.2) is 47.5 Å². The molecular weight excluding hydrogens is 347 g/mol. The summed E-state index contributed by atoms with van der Waals surface area (Å²) in [5.74, 6) is -0.384. The summed E-state index contributed by atoms with van der Waals surface area (Å²) in [6, 6.07) is 9.09. The largest absolute Gasteiger partial charge is 0.311 e. The van der Waals surface area contributed by atoms with Crippen molar-refractivity contribution in [2.24, 2.45) is 0 Å². The van der Waals surface area contributed by atoms with Gasteiger partial charge in [-0.25, -0.2) is 13.4 Å². The van der Waals surface area contributed by atoms with Crippen molar-refractivity contribution in [2.45, 2.75) is 11.3 Å². The number of halogens is 2. The molecular formula is C14H12Cl2N2O3S. The van der Waals surface area contributed by atoms with Crippen LogP contribution in [0.2, 0.25) is 10.0 Å². The van der Waals surface area contributed by atoms with Crippen molar-refractivity contribution in [1.29, 1.82) is 0 Å². The standard InChI is InChI=1S/C14H12Cl2N2O3S/c15-11-5-4-10(9-12(11)16)22(20,21)8-6-14(19)18-13-3-1-2-7-17-13/h1-5,7,9H,6,8H2,(H,17,18,19). The van der Waals surface area contributed by atoms with Gasteiger partial charge < -0.3 is 5.32 Å². The van der Waals surface area contributed by atoms with Crippen molar-refractivity contribution in [3.05, 3.63) is 52.6 Å². The number of nitrogens with one attached hydrogen (secondary N) is 1. The molecule has 22 heavy (non-hydrogen) atoms. The van der Waals surface area contributed by atoms with Crippen LogP contribution in [0, 0.1) is 0 Å². The van der Waals surface area contributed by atoms with E-state index in [1.165, 1.54) is 24.4 Å². The van der Waals surface area contributed by atoms with E-state index in [0.29, 0.717) is 5.82 Å². The normalized spacial score (nSPS) is 11.2. The Morgan fingerprint density at radius 3 is 2.55 bits per heavy atom. The summed E-state index contributed by atoms with van der Waals surface area (Å²) >= 11 is 11.6. The molecule has 0 fully saturated rings. The van der Waals surface area contributed by atoms with Crippen LogP contribution < -0.4 is 5.32 Å². The first-order valence-electron chi connectivity index (χ1n) is 6.27. The molecule has 0 aliphatic carbocycles. The van der Waals surface area contributed by atoms with Gasteiger partial charge in [0.15, 0.2) is 9.84 Å². The van der Waals surface area contributed by atoms with Crippen molar-refractivity contribution >= 4 is 44.8 Å². The number of anilines is 1. The third kappa shape index (κ3) is 4.43. The number of benzene rings is 1. The minimum Gasteiger partial charge on any atom is -0.311 e. The van der Waals surface area contributed by atoms with Crippen molar-refractivity contribution < 1.29 is 13.2 Å². The van der Waals surface area contributed by atoms with Crippen molar-refractivity contribution in [3.8, 4) is 0 Å². The predicted molar refractivity (Wildman–Crippen MR) is 86.0 cm³/mol. The van der Waals surface area contributed by atoms with E-state index in [2.05, 4.69) is 10.3 Å². The summed E-state index contributed by atoms with van der Waals surface area (Å²) in [5.41, 5.74) is 0. The molecule has 0 aliphatic heterocycles. The van der Waals surface area contributed by atoms with Crippen LogP contribution >= 0.6 is 23.2 Å². The van der Waals surface area contributed by atoms with E-state index in [1.807, 2.05) is 0 Å². The van der Waals surface area contributed by atoms with Gasteiger partial charge in [-0.2, -0.15) is 0 Å². The third-order valence-electron chi connectivity index (χ3n) is 2.78. The number of sulfone groups is 1. The van der Waals surface area contributed by atoms with Gasteiger partial charge in [-0.1, -0.05) is 29.3 Å². The van der Waals surface area contributed by atoms with E-state index in [0.717, 1.165) is 0 Å². The molecule has 0 radical (unpaired) electrons. The highest BCUT2D eigenvalue weighted by molar-refractivity contribution is 7.91. The van der Waals surface area contributed by atoms with Crippen LogP contribution in [0.5, 0.6) is 0 Å². The molecule has 1 aromatic carbocycles. The van der Waals surface area contributed by atoms with Crippen LogP contribution in [-0.4, -0.2) is 25.1 Å². The molecule has 5 nitrogen and oxygen atoms in total. The van der Waals surface area contributed by atoms with Crippen molar-refractivity contribution in [1.82, 2.24) is 4.98 Å². The van der Waals surface area contributed by atoms with Gasteiger partial charge in [0.1, 0.15) is 5.82 Å². The number of pyridine rings is 1. The summed E-state index contributed by atoms with van der Waals surface area (Å²) in [7, 11) is -3.61. The summed E-state index contributed by atoms with van der Waals surface area (Å²) < 4.78 is 24.3. The van der Waals surface area contributed by atoms with Gasteiger partial charge in [0.2, 0.25) is 5.91 Å². The van der Waals surface area contributed by atoms with Gasteiger partial charge in [0.05, 0.1) is 20.7 Å². The monoisotopic (exact) mass is 358 g/mol. The highest BCUT2D eigenvalue weighted by Gasteiger charge is 2.17. The van der Waals surface area contributed by atoms with E-state index in [9.17, 15) is 13.2 Å². The minimum atomic E-state index is -3.61. The SMILES string of the molecule is O=C(CCS(=O)(=O)c1ccc(Cl)c(Cl)c1)Nc1ccccn1. The van der Waals surface area contributed by atoms with Gasteiger partial charge in [0, 0.05) is 12.6 Å². The zero-order valence-corrected chi connectivity index (χ0v) is 13.6. The third-order valence-corrected chi connectivity index (χ3v) is 5.23. The maximum absolute atomic E-state index is 12.2. The molecule has 0 bridgehead atoms. The highest BCUT2D eigenvalue weighted by atomic mass is 35.5. The van der Waals surface area contributed by atoms with E-state index >= 15 is 0 Å². The smallest absolute Gasteiger partial charge is 0.226 e. The Morgan fingerprint density at radius 1 is 1.14 bits per heavy atom. The van der Waals surface area contributed by atoms with Crippen molar-refractivity contribution in [3.63, 3.8) is 0 Å². The Balaban J connectivity index is 2.00. The van der Waals surface area contributed by atoms with E-state index in [1.54, 1.807) is 18.2 Å². The Labute approximate surface area is 138 Å². The van der Waals surface area contributed by atoms with Crippen LogP contribution in [-0.2, 0) is 14.6 Å². The fourth-order valence-electron chi connectivity index (χ4n) is 1.66. The summed E-state index contributed by atoms with van der Waals surface area (Å²) in [4.78, 5) is 15.7. The summed E-state index contributed by atoms with van der Waals surface area (Å²) in [6.07, 6.45) is 1.35. The Kier molecular flexibility index (Phi) is 5.39. The van der Waals surface area contributed by atoms with Gasteiger partial charge >= 0.3 is 0 Å². The molecule has 1 heterocycles. The second kappa shape index (κ2) is 7.09. The second-order valence-electron chi connectivity index (χ2n) is 4.41. The molecule has 0 saturated carbocycles. The maximum Gasteiger partial charge on any atom is 0.226 e. The quantitative estimate of drug-likeness (QED) is 0.890. The number of aromatic nitrogens is 1. The van der Waals surface area contributed by atoms with Gasteiger partial charge in [-0.05, 0) is 30.3 Å². The summed E-state index contributed by atoms with van der Waals surface area (Å²) in [6.45, 7) is 0. The first-order chi connectivity index (χ1) is 10.4. The van der Waals surface area contributed by atoms with Crippen molar-refractivity contribution in [2.75, 3.05) is 11.1 Å². The molecule has 0 spiro atoms. The number of hydrogen-bond donors (Lipinski definition) is 1. The molecule has 1 aromatic heterocycles. The first kappa shape index (κ1) is 16.7. The summed E-state index contributed by atoms with van der Waals surface area (Å²) in [5, 5.41) is 2.95. The minimum absolute atomic E-state index is 0.0348. The van der Waals surface area contributed by atoms with Gasteiger partial charge in [-0.15, -0.1) is 0 Å². The number of hydrogen-bond acceptors (Lipinski definition) is 4. The zero-order chi connectivity index (χ0) is 16.2. The molecule has 1 N–H and O–H groups in total. The van der Waals surface area contributed by atoms with Crippen LogP contribution in [0.25, 0.3) is 0 Å². The lowest BCUT2D eigenvalue weighted by atomic mass is 10.4. The number of amides is 1. The lowest BCUT2D eigenvalue weighted by molar-refractivity contribution is -0.115. The molecule has 0 unspecified atom stereocenters. The van der Waals surface area contributed by atoms with Gasteiger partial charge in [0.25, 0.3) is 0 Å². The number of carbonyl (C=O) groups is 1. The number of nitrogens with zero attached hydrogens (tertiary/aromatic N) is 1. The fraction of sp³-hybridized carbons (Fsp3) is 0.143. The predicted octanol–water partition coefficient (Wildman–Crippen LogP) is 3.19. The molecule has 0 saturated heterocycles. The first-order valence-corrected chi connectivity index (χ1v) is 8.68. The average molecular weight is 359 g/mol. The molecule has 1 amide bonds. The Hall–Kier alpha value is -1.63. The fourth-order valence-corrected chi connectivity index (χ4v) is 3.28. The average Bonchev–Trinajstić information content (AvgIpc) is 2.49. The lowest BCUT2D eigenvalue weighted by Crippen LogP contribution is -2.18. The second-order valence-corrected chi connectivity index (χ2v) is 7.33. The lowest BCUT2D eigenvalue weighted by Gasteiger charge is -2.06. The van der Waals surface area contributed by atoms with Gasteiger partial charge in [-0.3, -0.25) is 4.79 Å². The Morgan fingerprint density at radius 2 is 1.91 bits per heavy atom. The Bertz CT molecular complexity index is 780. The number of rotatable bonds is 5. The molecule has 0 aliphatic rings. The van der Waals surface area contributed by atoms with Crippen LogP contribution in [0.3, 0.4) is 0 Å². The molecule has 8 heteroatoms. The highest BCUT2D eigenvalue weighted by Crippen LogP contribution is 2.25. The van der Waals surface area contributed by atoms with Crippen LogP contribution in [0.4, 0.5) is 5.82 Å². The van der Waals surface area contributed by atoms with Crippen LogP contribution in [0.1, 0.15) is 6.42 Å². The molecule has 116 valence electrons. The van der Waals surface area contributed by atoms with E-state index < -0.39 is 15.7 Å². The zero-order valence-electron chi connectivity index (χ0n) is 11.3.